The summed E-state index contributed by atoms with van der Waals surface area (Å²) in [7, 11) is 0. The van der Waals surface area contributed by atoms with E-state index >= 15 is 0 Å². The van der Waals surface area contributed by atoms with Gasteiger partial charge in [0.2, 0.25) is 0 Å². The number of esters is 1. The molecule has 1 atom stereocenters. The molecule has 0 saturated heterocycles. The van der Waals surface area contributed by atoms with Gasteiger partial charge in [-0.05, 0) is 37.6 Å². The molecule has 0 aliphatic carbocycles. The molecule has 0 spiro atoms. The summed E-state index contributed by atoms with van der Waals surface area (Å²) in [4.78, 5) is 29.6. The number of anilines is 1. The quantitative estimate of drug-likeness (QED) is 0.733. The molecule has 2 heterocycles. The number of fused-ring (bicyclic) bond motifs is 2. The van der Waals surface area contributed by atoms with Gasteiger partial charge in [0.15, 0.2) is 0 Å². The minimum Gasteiger partial charge on any atom is -0.462 e. The Balaban J connectivity index is 1.72. The van der Waals surface area contributed by atoms with Gasteiger partial charge < -0.3 is 10.1 Å². The van der Waals surface area contributed by atoms with Gasteiger partial charge in [0.1, 0.15) is 5.82 Å². The third-order valence-corrected chi connectivity index (χ3v) is 4.60. The van der Waals surface area contributed by atoms with Gasteiger partial charge in [0.25, 0.3) is 5.56 Å². The van der Waals surface area contributed by atoms with Crippen molar-refractivity contribution >= 4 is 22.6 Å². The number of para-hydroxylation sites is 2. The first-order valence-electron chi connectivity index (χ1n) is 8.71. The summed E-state index contributed by atoms with van der Waals surface area (Å²) in [5.74, 6) is 0.338. The maximum absolute atomic E-state index is 12.7. The second-order valence-electron chi connectivity index (χ2n) is 6.20. The van der Waals surface area contributed by atoms with Gasteiger partial charge in [-0.15, -0.1) is 0 Å². The number of aromatic nitrogens is 2. The molecule has 0 amide bonds. The van der Waals surface area contributed by atoms with Crippen LogP contribution in [-0.2, 0) is 11.3 Å². The molecule has 0 saturated carbocycles. The van der Waals surface area contributed by atoms with Gasteiger partial charge in [0.05, 0.1) is 29.1 Å². The first-order chi connectivity index (χ1) is 12.7. The summed E-state index contributed by atoms with van der Waals surface area (Å²) in [6.07, 6.45) is 0.732. The first kappa shape index (κ1) is 16.3. The van der Waals surface area contributed by atoms with Crippen LogP contribution in [0.3, 0.4) is 0 Å². The van der Waals surface area contributed by atoms with Crippen LogP contribution in [0.2, 0.25) is 0 Å². The van der Waals surface area contributed by atoms with E-state index in [0.717, 1.165) is 6.42 Å². The molecule has 6 nitrogen and oxygen atoms in total. The molecule has 1 aromatic heterocycles. The highest BCUT2D eigenvalue weighted by Crippen LogP contribution is 2.29. The predicted molar refractivity (Wildman–Crippen MR) is 99.4 cm³/mol. The standard InChI is InChI=1S/C20H19N3O3/c1-2-26-20(25)14-8-4-6-10-16(14)21-17-11-12-23-18(17)22-15-9-5-3-7-13(15)19(23)24/h3-10,17,21H,2,11-12H2,1H3/t17-/m1/s1. The van der Waals surface area contributed by atoms with Gasteiger partial charge >= 0.3 is 5.97 Å². The van der Waals surface area contributed by atoms with Crippen LogP contribution in [0.4, 0.5) is 5.69 Å². The van der Waals surface area contributed by atoms with E-state index in [9.17, 15) is 9.59 Å². The van der Waals surface area contributed by atoms with Crippen molar-refractivity contribution in [3.05, 3.63) is 70.3 Å². The van der Waals surface area contributed by atoms with E-state index < -0.39 is 0 Å². The van der Waals surface area contributed by atoms with E-state index in [1.807, 2.05) is 30.3 Å². The normalized spacial score (nSPS) is 15.7. The molecule has 1 aliphatic rings. The van der Waals surface area contributed by atoms with Gasteiger partial charge in [-0.1, -0.05) is 24.3 Å². The van der Waals surface area contributed by atoms with Crippen LogP contribution in [-0.4, -0.2) is 22.1 Å². The molecule has 26 heavy (non-hydrogen) atoms. The third kappa shape index (κ3) is 2.73. The Bertz CT molecular complexity index is 1040. The van der Waals surface area contributed by atoms with Crippen LogP contribution in [0.25, 0.3) is 10.9 Å². The first-order valence-corrected chi connectivity index (χ1v) is 8.71. The smallest absolute Gasteiger partial charge is 0.340 e. The van der Waals surface area contributed by atoms with Gasteiger partial charge in [-0.3, -0.25) is 9.36 Å². The molecule has 0 bridgehead atoms. The summed E-state index contributed by atoms with van der Waals surface area (Å²) >= 11 is 0. The van der Waals surface area contributed by atoms with Crippen molar-refractivity contribution in [3.63, 3.8) is 0 Å². The Hall–Kier alpha value is -3.15. The highest BCUT2D eigenvalue weighted by Gasteiger charge is 2.27. The van der Waals surface area contributed by atoms with Crippen LogP contribution in [0.1, 0.15) is 35.6 Å². The van der Waals surface area contributed by atoms with Gasteiger partial charge in [-0.25, -0.2) is 9.78 Å². The van der Waals surface area contributed by atoms with Crippen molar-refractivity contribution in [2.45, 2.75) is 25.9 Å². The van der Waals surface area contributed by atoms with Crippen molar-refractivity contribution in [2.75, 3.05) is 11.9 Å². The maximum Gasteiger partial charge on any atom is 0.340 e. The molecule has 0 fully saturated rings. The molecule has 0 unspecified atom stereocenters. The number of carbonyl (C=O) groups excluding carboxylic acids is 1. The molecule has 132 valence electrons. The number of carbonyl (C=O) groups is 1. The maximum atomic E-state index is 12.7. The van der Waals surface area contributed by atoms with E-state index in [-0.39, 0.29) is 17.6 Å². The average molecular weight is 349 g/mol. The molecule has 6 heteroatoms. The molecule has 1 aliphatic heterocycles. The van der Waals surface area contributed by atoms with Crippen molar-refractivity contribution in [1.29, 1.82) is 0 Å². The minimum absolute atomic E-state index is 0.0198. The lowest BCUT2D eigenvalue weighted by atomic mass is 10.1. The summed E-state index contributed by atoms with van der Waals surface area (Å²) in [6, 6.07) is 14.5. The van der Waals surface area contributed by atoms with Crippen molar-refractivity contribution in [3.8, 4) is 0 Å². The Morgan fingerprint density at radius 2 is 2.00 bits per heavy atom. The lowest BCUT2D eigenvalue weighted by Crippen LogP contribution is -2.22. The zero-order valence-corrected chi connectivity index (χ0v) is 14.4. The molecule has 1 N–H and O–H groups in total. The van der Waals surface area contributed by atoms with E-state index in [4.69, 9.17) is 4.74 Å². The Morgan fingerprint density at radius 1 is 1.23 bits per heavy atom. The van der Waals surface area contributed by atoms with Crippen LogP contribution in [0.5, 0.6) is 0 Å². The fourth-order valence-corrected chi connectivity index (χ4v) is 3.37. The Labute approximate surface area is 150 Å². The topological polar surface area (TPSA) is 73.2 Å². The van der Waals surface area contributed by atoms with Gasteiger partial charge in [0, 0.05) is 12.2 Å². The molecule has 3 aromatic rings. The van der Waals surface area contributed by atoms with Crippen molar-refractivity contribution in [2.24, 2.45) is 0 Å². The molecule has 0 radical (unpaired) electrons. The summed E-state index contributed by atoms with van der Waals surface area (Å²) in [5, 5.41) is 4.00. The summed E-state index contributed by atoms with van der Waals surface area (Å²) in [5.41, 5.74) is 1.84. The SMILES string of the molecule is CCOC(=O)c1ccccc1N[C@@H]1CCn2c1nc1ccccc1c2=O. The number of hydrogen-bond donors (Lipinski definition) is 1. The van der Waals surface area contributed by atoms with E-state index in [0.29, 0.717) is 41.1 Å². The second-order valence-corrected chi connectivity index (χ2v) is 6.20. The lowest BCUT2D eigenvalue weighted by Gasteiger charge is -2.17. The van der Waals surface area contributed by atoms with Crippen LogP contribution < -0.4 is 10.9 Å². The van der Waals surface area contributed by atoms with E-state index in [1.54, 1.807) is 29.7 Å². The summed E-state index contributed by atoms with van der Waals surface area (Å²) in [6.45, 7) is 2.70. The number of nitrogens with zero attached hydrogens (tertiary/aromatic N) is 2. The molecular formula is C20H19N3O3. The molecule has 4 rings (SSSR count). The Kier molecular flexibility index (Phi) is 4.16. The minimum atomic E-state index is -0.363. The summed E-state index contributed by atoms with van der Waals surface area (Å²) < 4.78 is 6.84. The highest BCUT2D eigenvalue weighted by atomic mass is 16.5. The zero-order chi connectivity index (χ0) is 18.1. The van der Waals surface area contributed by atoms with Crippen molar-refractivity contribution < 1.29 is 9.53 Å². The lowest BCUT2D eigenvalue weighted by molar-refractivity contribution is 0.0527. The fraction of sp³-hybridized carbons (Fsp3) is 0.250. The van der Waals surface area contributed by atoms with Crippen molar-refractivity contribution in [1.82, 2.24) is 9.55 Å². The number of rotatable bonds is 4. The van der Waals surface area contributed by atoms with Gasteiger partial charge in [-0.2, -0.15) is 0 Å². The van der Waals surface area contributed by atoms with E-state index in [1.165, 1.54) is 0 Å². The number of hydrogen-bond acceptors (Lipinski definition) is 5. The predicted octanol–water partition coefficient (Wildman–Crippen LogP) is 3.13. The highest BCUT2D eigenvalue weighted by molar-refractivity contribution is 5.95. The number of nitrogens with one attached hydrogen (secondary N) is 1. The van der Waals surface area contributed by atoms with E-state index in [2.05, 4.69) is 10.3 Å². The monoisotopic (exact) mass is 349 g/mol. The number of benzene rings is 2. The number of ether oxygens (including phenoxy) is 1. The molecule has 2 aromatic carbocycles. The third-order valence-electron chi connectivity index (χ3n) is 4.60. The fourth-order valence-electron chi connectivity index (χ4n) is 3.37. The van der Waals surface area contributed by atoms with Crippen LogP contribution >= 0.6 is 0 Å². The van der Waals surface area contributed by atoms with Crippen LogP contribution in [0, 0.1) is 0 Å². The second kappa shape index (κ2) is 6.63. The largest absolute Gasteiger partial charge is 0.462 e. The molecular weight excluding hydrogens is 330 g/mol. The zero-order valence-electron chi connectivity index (χ0n) is 14.4. The van der Waals surface area contributed by atoms with Crippen LogP contribution in [0.15, 0.2) is 53.3 Å². The average Bonchev–Trinajstić information content (AvgIpc) is 3.06. The Morgan fingerprint density at radius 3 is 2.85 bits per heavy atom.